The summed E-state index contributed by atoms with van der Waals surface area (Å²) in [4.78, 5) is 5.38. The van der Waals surface area contributed by atoms with Crippen molar-refractivity contribution in [1.82, 2.24) is 5.32 Å². The molecule has 0 bridgehead atoms. The third kappa shape index (κ3) is 3.11. The molecule has 1 N–H and O–H groups in total. The minimum Gasteiger partial charge on any atom is -0.497 e. The van der Waals surface area contributed by atoms with Crippen molar-refractivity contribution in [3.63, 3.8) is 0 Å². The van der Waals surface area contributed by atoms with Crippen LogP contribution in [0, 0.1) is 0 Å². The molecular weight excluding hydrogens is 228 g/mol. The van der Waals surface area contributed by atoms with Crippen LogP contribution in [0.5, 0.6) is 5.75 Å². The van der Waals surface area contributed by atoms with Crippen molar-refractivity contribution in [2.24, 2.45) is 5.16 Å². The first-order chi connectivity index (χ1) is 8.83. The fraction of sp³-hybridized carbons (Fsp3) is 0.357. The summed E-state index contributed by atoms with van der Waals surface area (Å²) in [5.41, 5.74) is 2.07. The van der Waals surface area contributed by atoms with Crippen molar-refractivity contribution in [3.8, 4) is 5.75 Å². The third-order valence-corrected chi connectivity index (χ3v) is 2.82. The maximum atomic E-state index is 5.38. The van der Waals surface area contributed by atoms with Gasteiger partial charge in [0.1, 0.15) is 11.9 Å². The smallest absolute Gasteiger partial charge is 0.145 e. The van der Waals surface area contributed by atoms with Gasteiger partial charge >= 0.3 is 0 Å². The van der Waals surface area contributed by atoms with E-state index < -0.39 is 0 Å². The van der Waals surface area contributed by atoms with Crippen LogP contribution >= 0.6 is 0 Å². The number of hydrogen-bond acceptors (Lipinski definition) is 4. The van der Waals surface area contributed by atoms with E-state index in [1.54, 1.807) is 7.11 Å². The van der Waals surface area contributed by atoms with Gasteiger partial charge in [-0.15, -0.1) is 6.58 Å². The molecule has 4 heteroatoms. The Bertz CT molecular complexity index is 426. The molecule has 4 nitrogen and oxygen atoms in total. The molecule has 0 aromatic heterocycles. The number of methoxy groups -OCH3 is 1. The average Bonchev–Trinajstić information content (AvgIpc) is 2.88. The number of hydrogen-bond donors (Lipinski definition) is 1. The Morgan fingerprint density at radius 2 is 2.28 bits per heavy atom. The van der Waals surface area contributed by atoms with Crippen LogP contribution in [-0.4, -0.2) is 32.0 Å². The summed E-state index contributed by atoms with van der Waals surface area (Å²) < 4.78 is 5.13. The lowest BCUT2D eigenvalue weighted by molar-refractivity contribution is 0.0859. The van der Waals surface area contributed by atoms with Crippen molar-refractivity contribution in [3.05, 3.63) is 42.5 Å². The first-order valence-corrected chi connectivity index (χ1v) is 6.02. The molecule has 18 heavy (non-hydrogen) atoms. The molecule has 0 radical (unpaired) electrons. The van der Waals surface area contributed by atoms with Gasteiger partial charge in [0.25, 0.3) is 0 Å². The first kappa shape index (κ1) is 12.6. The predicted octanol–water partition coefficient (Wildman–Crippen LogP) is 1.96. The van der Waals surface area contributed by atoms with Gasteiger partial charge in [0.2, 0.25) is 0 Å². The number of nitrogens with zero attached hydrogens (tertiary/aromatic N) is 1. The number of benzene rings is 1. The molecular formula is C14H18N2O2. The van der Waals surface area contributed by atoms with Crippen molar-refractivity contribution in [1.29, 1.82) is 0 Å². The monoisotopic (exact) mass is 246 g/mol. The van der Waals surface area contributed by atoms with E-state index in [0.717, 1.165) is 36.5 Å². The maximum absolute atomic E-state index is 5.38. The fourth-order valence-corrected chi connectivity index (χ4v) is 1.84. The summed E-state index contributed by atoms with van der Waals surface area (Å²) in [7, 11) is 1.66. The molecule has 1 aliphatic heterocycles. The number of ether oxygens (including phenoxy) is 1. The molecule has 96 valence electrons. The Kier molecular flexibility index (Phi) is 4.36. The molecule has 0 unspecified atom stereocenters. The molecule has 0 saturated carbocycles. The van der Waals surface area contributed by atoms with Crippen LogP contribution in [-0.2, 0) is 4.84 Å². The van der Waals surface area contributed by atoms with Gasteiger partial charge in [0.05, 0.1) is 12.8 Å². The van der Waals surface area contributed by atoms with Gasteiger partial charge in [-0.3, -0.25) is 0 Å². The molecule has 1 aromatic carbocycles. The quantitative estimate of drug-likeness (QED) is 0.616. The van der Waals surface area contributed by atoms with Gasteiger partial charge in [-0.2, -0.15) is 0 Å². The van der Waals surface area contributed by atoms with Gasteiger partial charge < -0.3 is 14.9 Å². The zero-order valence-corrected chi connectivity index (χ0v) is 10.6. The fourth-order valence-electron chi connectivity index (χ4n) is 1.84. The minimum absolute atomic E-state index is 0.113. The second-order valence-electron chi connectivity index (χ2n) is 4.14. The van der Waals surface area contributed by atoms with E-state index >= 15 is 0 Å². The lowest BCUT2D eigenvalue weighted by Crippen LogP contribution is -2.27. The van der Waals surface area contributed by atoms with E-state index in [2.05, 4.69) is 17.1 Å². The van der Waals surface area contributed by atoms with E-state index in [1.165, 1.54) is 0 Å². The number of rotatable bonds is 6. The Morgan fingerprint density at radius 1 is 1.50 bits per heavy atom. The van der Waals surface area contributed by atoms with Crippen molar-refractivity contribution >= 4 is 5.71 Å². The lowest BCUT2D eigenvalue weighted by atomic mass is 10.0. The zero-order valence-electron chi connectivity index (χ0n) is 10.6. The molecule has 1 atom stereocenters. The Balaban J connectivity index is 1.89. The number of nitrogens with one attached hydrogen (secondary N) is 1. The third-order valence-electron chi connectivity index (χ3n) is 2.82. The lowest BCUT2D eigenvalue weighted by Gasteiger charge is -2.07. The average molecular weight is 246 g/mol. The summed E-state index contributed by atoms with van der Waals surface area (Å²) in [6.07, 6.45) is 2.78. The molecule has 0 spiro atoms. The van der Waals surface area contributed by atoms with Gasteiger partial charge in [0, 0.05) is 19.5 Å². The van der Waals surface area contributed by atoms with Crippen LogP contribution in [0.3, 0.4) is 0 Å². The molecule has 0 amide bonds. The number of oxime groups is 1. The highest BCUT2D eigenvalue weighted by atomic mass is 16.6. The summed E-state index contributed by atoms with van der Waals surface area (Å²) in [6.45, 7) is 5.24. The standard InChI is InChI=1S/C14H18N2O2/c1-3-8-15-10-13-9-14(16-18-13)11-4-6-12(17-2)7-5-11/h3-7,13,15H,1,8-10H2,2H3/t13-/m0/s1. The van der Waals surface area contributed by atoms with Gasteiger partial charge in [-0.25, -0.2) is 0 Å². The summed E-state index contributed by atoms with van der Waals surface area (Å²) in [6, 6.07) is 7.86. The molecule has 0 fully saturated rings. The Morgan fingerprint density at radius 3 is 2.94 bits per heavy atom. The minimum atomic E-state index is 0.113. The predicted molar refractivity (Wildman–Crippen MR) is 72.1 cm³/mol. The maximum Gasteiger partial charge on any atom is 0.145 e. The largest absolute Gasteiger partial charge is 0.497 e. The van der Waals surface area contributed by atoms with Gasteiger partial charge in [-0.05, 0) is 29.8 Å². The highest BCUT2D eigenvalue weighted by molar-refractivity contribution is 6.01. The second-order valence-corrected chi connectivity index (χ2v) is 4.14. The topological polar surface area (TPSA) is 42.8 Å². The van der Waals surface area contributed by atoms with Crippen molar-refractivity contribution < 1.29 is 9.57 Å². The van der Waals surface area contributed by atoms with Crippen LogP contribution in [0.1, 0.15) is 12.0 Å². The first-order valence-electron chi connectivity index (χ1n) is 6.02. The van der Waals surface area contributed by atoms with E-state index in [0.29, 0.717) is 0 Å². The van der Waals surface area contributed by atoms with Crippen LogP contribution < -0.4 is 10.1 Å². The highest BCUT2D eigenvalue weighted by Crippen LogP contribution is 2.18. The van der Waals surface area contributed by atoms with Crippen LogP contribution in [0.15, 0.2) is 42.1 Å². The van der Waals surface area contributed by atoms with Gasteiger partial charge in [-0.1, -0.05) is 11.2 Å². The summed E-state index contributed by atoms with van der Waals surface area (Å²) >= 11 is 0. The Labute approximate surface area is 107 Å². The van der Waals surface area contributed by atoms with Crippen molar-refractivity contribution in [2.75, 3.05) is 20.2 Å². The van der Waals surface area contributed by atoms with E-state index in [4.69, 9.17) is 9.57 Å². The highest BCUT2D eigenvalue weighted by Gasteiger charge is 2.21. The Hall–Kier alpha value is -1.81. The van der Waals surface area contributed by atoms with E-state index in [9.17, 15) is 0 Å². The van der Waals surface area contributed by atoms with Crippen LogP contribution in [0.4, 0.5) is 0 Å². The normalized spacial score (nSPS) is 18.1. The van der Waals surface area contributed by atoms with Crippen LogP contribution in [0.25, 0.3) is 0 Å². The SMILES string of the molecule is C=CCNC[C@@H]1CC(c2ccc(OC)cc2)=NO1. The second kappa shape index (κ2) is 6.21. The molecule has 1 aliphatic rings. The summed E-state index contributed by atoms with van der Waals surface area (Å²) in [5, 5.41) is 7.36. The van der Waals surface area contributed by atoms with Crippen molar-refractivity contribution in [2.45, 2.75) is 12.5 Å². The molecule has 1 heterocycles. The van der Waals surface area contributed by atoms with Crippen LogP contribution in [0.2, 0.25) is 0 Å². The summed E-state index contributed by atoms with van der Waals surface area (Å²) in [5.74, 6) is 0.850. The van der Waals surface area contributed by atoms with Gasteiger partial charge in [0.15, 0.2) is 0 Å². The molecule has 2 rings (SSSR count). The molecule has 1 aromatic rings. The zero-order chi connectivity index (χ0) is 12.8. The molecule has 0 saturated heterocycles. The van der Waals surface area contributed by atoms with E-state index in [1.807, 2.05) is 30.3 Å². The molecule has 0 aliphatic carbocycles. The van der Waals surface area contributed by atoms with E-state index in [-0.39, 0.29) is 6.10 Å².